The Balaban J connectivity index is 1.48. The first-order valence-corrected chi connectivity index (χ1v) is 11.9. The van der Waals surface area contributed by atoms with Gasteiger partial charge >= 0.3 is 0 Å². The van der Waals surface area contributed by atoms with Crippen LogP contribution in [0.25, 0.3) is 10.9 Å². The van der Waals surface area contributed by atoms with Gasteiger partial charge in [-0.05, 0) is 28.8 Å². The summed E-state index contributed by atoms with van der Waals surface area (Å²) in [5.74, 6) is -0.0213. The largest absolute Gasteiger partial charge is 0.356 e. The van der Waals surface area contributed by atoms with Gasteiger partial charge in [-0.2, -0.15) is 0 Å². The number of fused-ring (bicyclic) bond motifs is 4. The summed E-state index contributed by atoms with van der Waals surface area (Å²) in [6.45, 7) is 0.525. The molecule has 2 aliphatic heterocycles. The predicted molar refractivity (Wildman–Crippen MR) is 130 cm³/mol. The molecule has 0 radical (unpaired) electrons. The van der Waals surface area contributed by atoms with E-state index in [1.165, 1.54) is 0 Å². The molecule has 0 saturated carbocycles. The van der Waals surface area contributed by atoms with Gasteiger partial charge < -0.3 is 14.8 Å². The average Bonchev–Trinajstić information content (AvgIpc) is 3.21. The van der Waals surface area contributed by atoms with Crippen molar-refractivity contribution < 1.29 is 9.59 Å². The third kappa shape index (κ3) is 3.28. The maximum atomic E-state index is 13.7. The first kappa shape index (κ1) is 20.2. The van der Waals surface area contributed by atoms with Crippen molar-refractivity contribution in [2.45, 2.75) is 25.0 Å². The lowest BCUT2D eigenvalue weighted by atomic mass is 9.86. The van der Waals surface area contributed by atoms with Crippen molar-refractivity contribution in [2.24, 2.45) is 0 Å². The highest BCUT2D eigenvalue weighted by Crippen LogP contribution is 2.44. The maximum Gasteiger partial charge on any atom is 0.246 e. The number of H-pyrrole nitrogens is 1. The van der Waals surface area contributed by atoms with Gasteiger partial charge in [0.15, 0.2) is 0 Å². The molecule has 0 bridgehead atoms. The number of halogens is 1. The standard InChI is InChI=1S/C27H22BrN3O2/c28-21-12-6-4-11-19(21)26-25-20(18-10-5-7-13-22(18)29-25)14-23-27(33)30(16-24(32)31(23)26)15-17-8-2-1-3-9-17/h1-13,23,26,29H,14-16H2/t23-,26-/m1/s1. The van der Waals surface area contributed by atoms with E-state index in [2.05, 4.69) is 33.0 Å². The van der Waals surface area contributed by atoms with Crippen LogP contribution in [-0.4, -0.2) is 39.2 Å². The van der Waals surface area contributed by atoms with E-state index >= 15 is 0 Å². The molecule has 6 heteroatoms. The van der Waals surface area contributed by atoms with Crippen LogP contribution in [0.4, 0.5) is 0 Å². The second-order valence-electron chi connectivity index (χ2n) is 8.69. The molecule has 3 heterocycles. The molecule has 3 aromatic carbocycles. The molecule has 0 aliphatic carbocycles. The van der Waals surface area contributed by atoms with E-state index < -0.39 is 6.04 Å². The molecule has 5 nitrogen and oxygen atoms in total. The number of aromatic amines is 1. The van der Waals surface area contributed by atoms with Gasteiger partial charge in [0.1, 0.15) is 12.6 Å². The zero-order valence-electron chi connectivity index (χ0n) is 17.9. The van der Waals surface area contributed by atoms with Crippen molar-refractivity contribution in [3.63, 3.8) is 0 Å². The van der Waals surface area contributed by atoms with Crippen LogP contribution in [0.15, 0.2) is 83.3 Å². The number of hydrogen-bond acceptors (Lipinski definition) is 2. The number of rotatable bonds is 3. The highest BCUT2D eigenvalue weighted by atomic mass is 79.9. The zero-order valence-corrected chi connectivity index (χ0v) is 19.5. The SMILES string of the molecule is O=C1[C@H]2Cc3c([nH]c4ccccc34)[C@@H](c3ccccc3Br)N2C(=O)CN1Cc1ccccc1. The second kappa shape index (κ2) is 7.89. The summed E-state index contributed by atoms with van der Waals surface area (Å²) in [5.41, 5.74) is 5.15. The van der Waals surface area contributed by atoms with Gasteiger partial charge in [0, 0.05) is 34.0 Å². The number of amides is 2. The first-order chi connectivity index (χ1) is 16.1. The number of benzene rings is 3. The molecule has 1 saturated heterocycles. The summed E-state index contributed by atoms with van der Waals surface area (Å²) in [4.78, 5) is 34.4. The monoisotopic (exact) mass is 499 g/mol. The van der Waals surface area contributed by atoms with Crippen LogP contribution in [0.2, 0.25) is 0 Å². The number of nitrogens with zero attached hydrogens (tertiary/aromatic N) is 2. The zero-order chi connectivity index (χ0) is 22.5. The van der Waals surface area contributed by atoms with Gasteiger partial charge in [-0.1, -0.05) is 82.7 Å². The lowest BCUT2D eigenvalue weighted by Crippen LogP contribution is -2.62. The van der Waals surface area contributed by atoms with Gasteiger partial charge in [0.2, 0.25) is 11.8 Å². The molecule has 33 heavy (non-hydrogen) atoms. The van der Waals surface area contributed by atoms with E-state index in [0.29, 0.717) is 13.0 Å². The average molecular weight is 500 g/mol. The Labute approximate surface area is 200 Å². The Morgan fingerprint density at radius 2 is 1.64 bits per heavy atom. The predicted octanol–water partition coefficient (Wildman–Crippen LogP) is 4.82. The third-order valence-corrected chi connectivity index (χ3v) is 7.48. The summed E-state index contributed by atoms with van der Waals surface area (Å²) in [6, 6.07) is 25.1. The minimum Gasteiger partial charge on any atom is -0.356 e. The van der Waals surface area contributed by atoms with Gasteiger partial charge in [-0.25, -0.2) is 0 Å². The molecule has 1 fully saturated rings. The van der Waals surface area contributed by atoms with Crippen LogP contribution in [-0.2, 0) is 22.6 Å². The lowest BCUT2D eigenvalue weighted by molar-refractivity contribution is -0.159. The van der Waals surface area contributed by atoms with Gasteiger partial charge in [-0.15, -0.1) is 0 Å². The summed E-state index contributed by atoms with van der Waals surface area (Å²) >= 11 is 3.69. The van der Waals surface area contributed by atoms with E-state index in [-0.39, 0.29) is 24.4 Å². The van der Waals surface area contributed by atoms with E-state index in [9.17, 15) is 9.59 Å². The molecular formula is C27H22BrN3O2. The minimum atomic E-state index is -0.529. The Morgan fingerprint density at radius 1 is 0.909 bits per heavy atom. The molecular weight excluding hydrogens is 478 g/mol. The van der Waals surface area contributed by atoms with Crippen LogP contribution < -0.4 is 0 Å². The summed E-state index contributed by atoms with van der Waals surface area (Å²) in [5, 5.41) is 1.12. The molecule has 2 atom stereocenters. The number of para-hydroxylation sites is 1. The molecule has 4 aromatic rings. The van der Waals surface area contributed by atoms with Crippen molar-refractivity contribution in [3.8, 4) is 0 Å². The first-order valence-electron chi connectivity index (χ1n) is 11.1. The number of carbonyl (C=O) groups excluding carboxylic acids is 2. The molecule has 6 rings (SSSR count). The normalized spacial score (nSPS) is 20.2. The van der Waals surface area contributed by atoms with Gasteiger partial charge in [0.25, 0.3) is 0 Å². The summed E-state index contributed by atoms with van der Waals surface area (Å²) in [7, 11) is 0. The van der Waals surface area contributed by atoms with Crippen LogP contribution >= 0.6 is 15.9 Å². The molecule has 164 valence electrons. The van der Waals surface area contributed by atoms with E-state index in [4.69, 9.17) is 0 Å². The summed E-state index contributed by atoms with van der Waals surface area (Å²) < 4.78 is 0.923. The van der Waals surface area contributed by atoms with Crippen molar-refractivity contribution in [2.75, 3.05) is 6.54 Å². The van der Waals surface area contributed by atoms with Gasteiger partial charge in [-0.3, -0.25) is 9.59 Å². The number of aromatic nitrogens is 1. The summed E-state index contributed by atoms with van der Waals surface area (Å²) in [6.07, 6.45) is 0.510. The quantitative estimate of drug-likeness (QED) is 0.439. The van der Waals surface area contributed by atoms with Gasteiger partial charge in [0.05, 0.1) is 6.04 Å². The molecule has 1 aromatic heterocycles. The Morgan fingerprint density at radius 3 is 2.45 bits per heavy atom. The Hall–Kier alpha value is -3.38. The lowest BCUT2D eigenvalue weighted by Gasteiger charge is -2.47. The van der Waals surface area contributed by atoms with Crippen molar-refractivity contribution >= 4 is 38.6 Å². The van der Waals surface area contributed by atoms with Crippen LogP contribution in [0.5, 0.6) is 0 Å². The fourth-order valence-corrected chi connectivity index (χ4v) is 5.78. The third-order valence-electron chi connectivity index (χ3n) is 6.76. The topological polar surface area (TPSA) is 56.4 Å². The molecule has 0 spiro atoms. The second-order valence-corrected chi connectivity index (χ2v) is 9.54. The number of hydrogen-bond donors (Lipinski definition) is 1. The molecule has 2 amide bonds. The molecule has 0 unspecified atom stereocenters. The van der Waals surface area contributed by atoms with Crippen molar-refractivity contribution in [1.29, 1.82) is 0 Å². The smallest absolute Gasteiger partial charge is 0.246 e. The van der Waals surface area contributed by atoms with Crippen LogP contribution in [0, 0.1) is 0 Å². The van der Waals surface area contributed by atoms with E-state index in [1.54, 1.807) is 4.90 Å². The Bertz CT molecular complexity index is 1380. The van der Waals surface area contributed by atoms with Crippen LogP contribution in [0.3, 0.4) is 0 Å². The van der Waals surface area contributed by atoms with Crippen LogP contribution in [0.1, 0.15) is 28.4 Å². The number of carbonyl (C=O) groups is 2. The number of nitrogens with one attached hydrogen (secondary N) is 1. The fraction of sp³-hybridized carbons (Fsp3) is 0.185. The Kier molecular flexibility index (Phi) is 4.84. The fourth-order valence-electron chi connectivity index (χ4n) is 5.28. The van der Waals surface area contributed by atoms with Crippen molar-refractivity contribution in [3.05, 3.63) is 106 Å². The molecule has 2 aliphatic rings. The van der Waals surface area contributed by atoms with E-state index in [1.807, 2.05) is 71.6 Å². The molecule has 1 N–H and O–H groups in total. The minimum absolute atomic E-state index is 0.00596. The maximum absolute atomic E-state index is 13.7. The highest BCUT2D eigenvalue weighted by Gasteiger charge is 2.48. The highest BCUT2D eigenvalue weighted by molar-refractivity contribution is 9.10. The van der Waals surface area contributed by atoms with E-state index in [0.717, 1.165) is 37.8 Å². The number of piperazine rings is 1. The van der Waals surface area contributed by atoms with Crippen molar-refractivity contribution in [1.82, 2.24) is 14.8 Å².